The van der Waals surface area contributed by atoms with Gasteiger partial charge in [-0.25, -0.2) is 9.59 Å². The number of nitrogens with zero attached hydrogens (tertiary/aromatic N) is 1. The molecule has 1 aliphatic heterocycles. The molecule has 2 rings (SSSR count). The summed E-state index contributed by atoms with van der Waals surface area (Å²) in [4.78, 5) is 25.4. The molecule has 0 aliphatic carbocycles. The molecule has 5 heteroatoms. The van der Waals surface area contributed by atoms with Crippen molar-refractivity contribution in [2.75, 3.05) is 13.2 Å². The molecule has 0 unspecified atom stereocenters. The van der Waals surface area contributed by atoms with Gasteiger partial charge in [0.1, 0.15) is 12.6 Å². The first kappa shape index (κ1) is 15.1. The minimum atomic E-state index is -0.624. The van der Waals surface area contributed by atoms with Crippen LogP contribution in [0.4, 0.5) is 4.79 Å². The topological polar surface area (TPSA) is 55.8 Å². The Kier molecular flexibility index (Phi) is 4.98. The standard InChI is InChI=1S/C16H19NO4/c1-3-20-15(18)14-9-12(2)10-17(14)16(19)21-11-13-7-5-4-6-8-13/h4-8,14H,2-3,9-11H2,1H3/t14-/m1/s1. The minimum absolute atomic E-state index is 0.179. The van der Waals surface area contributed by atoms with Gasteiger partial charge in [-0.2, -0.15) is 0 Å². The van der Waals surface area contributed by atoms with Crippen molar-refractivity contribution in [3.05, 3.63) is 48.0 Å². The van der Waals surface area contributed by atoms with Crippen molar-refractivity contribution in [2.24, 2.45) is 0 Å². The molecule has 112 valence electrons. The molecule has 21 heavy (non-hydrogen) atoms. The van der Waals surface area contributed by atoms with E-state index in [2.05, 4.69) is 6.58 Å². The lowest BCUT2D eigenvalue weighted by Crippen LogP contribution is -2.41. The Hall–Kier alpha value is -2.30. The normalized spacial score (nSPS) is 17.7. The smallest absolute Gasteiger partial charge is 0.411 e. The predicted molar refractivity (Wildman–Crippen MR) is 77.5 cm³/mol. The van der Waals surface area contributed by atoms with E-state index >= 15 is 0 Å². The Labute approximate surface area is 124 Å². The summed E-state index contributed by atoms with van der Waals surface area (Å²) in [7, 11) is 0. The average Bonchev–Trinajstić information content (AvgIpc) is 2.88. The van der Waals surface area contributed by atoms with Crippen LogP contribution in [-0.2, 0) is 20.9 Å². The maximum Gasteiger partial charge on any atom is 0.411 e. The molecular formula is C16H19NO4. The van der Waals surface area contributed by atoms with E-state index in [0.29, 0.717) is 13.0 Å². The number of benzene rings is 1. The Morgan fingerprint density at radius 2 is 2.00 bits per heavy atom. The Balaban J connectivity index is 1.96. The summed E-state index contributed by atoms with van der Waals surface area (Å²) in [6, 6.07) is 8.77. The zero-order chi connectivity index (χ0) is 15.2. The second-order valence-electron chi connectivity index (χ2n) is 4.89. The van der Waals surface area contributed by atoms with Crippen LogP contribution in [0.15, 0.2) is 42.5 Å². The molecule has 0 bridgehead atoms. The third kappa shape index (κ3) is 3.84. The van der Waals surface area contributed by atoms with Gasteiger partial charge in [-0.15, -0.1) is 0 Å². The zero-order valence-corrected chi connectivity index (χ0v) is 12.1. The third-order valence-electron chi connectivity index (χ3n) is 3.25. The molecule has 1 heterocycles. The van der Waals surface area contributed by atoms with Crippen molar-refractivity contribution in [2.45, 2.75) is 26.0 Å². The largest absolute Gasteiger partial charge is 0.464 e. The quantitative estimate of drug-likeness (QED) is 0.631. The lowest BCUT2D eigenvalue weighted by Gasteiger charge is -2.22. The van der Waals surface area contributed by atoms with Crippen molar-refractivity contribution in [3.63, 3.8) is 0 Å². The highest BCUT2D eigenvalue weighted by Gasteiger charge is 2.37. The van der Waals surface area contributed by atoms with Crippen LogP contribution in [0.2, 0.25) is 0 Å². The highest BCUT2D eigenvalue weighted by Crippen LogP contribution is 2.23. The summed E-state index contributed by atoms with van der Waals surface area (Å²) in [6.45, 7) is 6.37. The number of hydrogen-bond donors (Lipinski definition) is 0. The van der Waals surface area contributed by atoms with Crippen LogP contribution in [-0.4, -0.2) is 36.2 Å². The highest BCUT2D eigenvalue weighted by molar-refractivity contribution is 5.83. The monoisotopic (exact) mass is 289 g/mol. The Morgan fingerprint density at radius 1 is 1.29 bits per heavy atom. The molecule has 1 aliphatic rings. The summed E-state index contributed by atoms with van der Waals surface area (Å²) in [5.41, 5.74) is 1.72. The number of rotatable bonds is 4. The first-order chi connectivity index (χ1) is 10.1. The number of carbonyl (C=O) groups excluding carboxylic acids is 2. The number of hydrogen-bond acceptors (Lipinski definition) is 4. The first-order valence-corrected chi connectivity index (χ1v) is 6.92. The maximum atomic E-state index is 12.1. The fourth-order valence-corrected chi connectivity index (χ4v) is 2.24. The van der Waals surface area contributed by atoms with Gasteiger partial charge in [-0.3, -0.25) is 4.90 Å². The lowest BCUT2D eigenvalue weighted by atomic mass is 10.2. The number of likely N-dealkylation sites (tertiary alicyclic amines) is 1. The van der Waals surface area contributed by atoms with Crippen molar-refractivity contribution in [3.8, 4) is 0 Å². The van der Waals surface area contributed by atoms with Crippen LogP contribution in [0.1, 0.15) is 18.9 Å². The molecule has 0 radical (unpaired) electrons. The zero-order valence-electron chi connectivity index (χ0n) is 12.1. The minimum Gasteiger partial charge on any atom is -0.464 e. The summed E-state index contributed by atoms with van der Waals surface area (Å²) < 4.78 is 10.2. The Morgan fingerprint density at radius 3 is 2.67 bits per heavy atom. The van der Waals surface area contributed by atoms with Gasteiger partial charge >= 0.3 is 12.1 Å². The number of esters is 1. The van der Waals surface area contributed by atoms with Gasteiger partial charge in [0.15, 0.2) is 0 Å². The average molecular weight is 289 g/mol. The van der Waals surface area contributed by atoms with Crippen LogP contribution in [0.3, 0.4) is 0 Å². The van der Waals surface area contributed by atoms with Crippen LogP contribution in [0, 0.1) is 0 Å². The van der Waals surface area contributed by atoms with Crippen LogP contribution < -0.4 is 0 Å². The second kappa shape index (κ2) is 6.92. The highest BCUT2D eigenvalue weighted by atomic mass is 16.6. The molecule has 1 atom stereocenters. The second-order valence-corrected chi connectivity index (χ2v) is 4.89. The van der Waals surface area contributed by atoms with Crippen LogP contribution in [0.5, 0.6) is 0 Å². The van der Waals surface area contributed by atoms with E-state index < -0.39 is 18.1 Å². The predicted octanol–water partition coefficient (Wildman–Crippen LogP) is 2.52. The van der Waals surface area contributed by atoms with Crippen molar-refractivity contribution in [1.82, 2.24) is 4.90 Å². The molecular weight excluding hydrogens is 270 g/mol. The van der Waals surface area contributed by atoms with E-state index in [4.69, 9.17) is 9.47 Å². The van der Waals surface area contributed by atoms with E-state index in [-0.39, 0.29) is 13.2 Å². The van der Waals surface area contributed by atoms with Gasteiger partial charge in [0, 0.05) is 13.0 Å². The Bertz CT molecular complexity index is 526. The molecule has 1 amide bonds. The molecule has 1 fully saturated rings. The number of ether oxygens (including phenoxy) is 2. The fraction of sp³-hybridized carbons (Fsp3) is 0.375. The molecule has 0 saturated carbocycles. The van der Waals surface area contributed by atoms with Crippen molar-refractivity contribution in [1.29, 1.82) is 0 Å². The number of carbonyl (C=O) groups is 2. The van der Waals surface area contributed by atoms with Crippen LogP contribution >= 0.6 is 0 Å². The van der Waals surface area contributed by atoms with E-state index in [1.165, 1.54) is 4.90 Å². The summed E-state index contributed by atoms with van der Waals surface area (Å²) in [6.07, 6.45) is -0.0882. The van der Waals surface area contributed by atoms with E-state index in [1.807, 2.05) is 30.3 Å². The van der Waals surface area contributed by atoms with E-state index in [9.17, 15) is 9.59 Å². The summed E-state index contributed by atoms with van der Waals surface area (Å²) >= 11 is 0. The van der Waals surface area contributed by atoms with Gasteiger partial charge in [0.25, 0.3) is 0 Å². The molecule has 1 saturated heterocycles. The van der Waals surface area contributed by atoms with Gasteiger partial charge in [-0.1, -0.05) is 42.5 Å². The lowest BCUT2D eigenvalue weighted by molar-refractivity contribution is -0.147. The maximum absolute atomic E-state index is 12.1. The first-order valence-electron chi connectivity index (χ1n) is 6.92. The molecule has 1 aromatic carbocycles. The fourth-order valence-electron chi connectivity index (χ4n) is 2.24. The van der Waals surface area contributed by atoms with Gasteiger partial charge in [-0.05, 0) is 12.5 Å². The number of amides is 1. The third-order valence-corrected chi connectivity index (χ3v) is 3.25. The summed E-state index contributed by atoms with van der Waals surface area (Å²) in [5, 5.41) is 0. The van der Waals surface area contributed by atoms with E-state index in [1.54, 1.807) is 6.92 Å². The molecule has 0 aromatic heterocycles. The molecule has 0 spiro atoms. The van der Waals surface area contributed by atoms with Gasteiger partial charge < -0.3 is 9.47 Å². The SMILES string of the molecule is C=C1C[C@H](C(=O)OCC)N(C(=O)OCc2ccccc2)C1. The summed E-state index contributed by atoms with van der Waals surface area (Å²) in [5.74, 6) is -0.409. The van der Waals surface area contributed by atoms with Crippen LogP contribution in [0.25, 0.3) is 0 Å². The van der Waals surface area contributed by atoms with E-state index in [0.717, 1.165) is 11.1 Å². The van der Waals surface area contributed by atoms with Gasteiger partial charge in [0.2, 0.25) is 0 Å². The molecule has 5 nitrogen and oxygen atoms in total. The molecule has 1 aromatic rings. The van der Waals surface area contributed by atoms with Gasteiger partial charge in [0.05, 0.1) is 6.61 Å². The van der Waals surface area contributed by atoms with Crippen molar-refractivity contribution >= 4 is 12.1 Å². The molecule has 0 N–H and O–H groups in total. The van der Waals surface area contributed by atoms with Crippen molar-refractivity contribution < 1.29 is 19.1 Å².